The van der Waals surface area contributed by atoms with Gasteiger partial charge in [-0.05, 0) is 13.0 Å². The summed E-state index contributed by atoms with van der Waals surface area (Å²) in [6.07, 6.45) is 2.45. The Balaban J connectivity index is 0.000000589. The van der Waals surface area contributed by atoms with Crippen molar-refractivity contribution in [1.29, 1.82) is 0 Å². The number of aliphatic carboxylic acids is 1. The molecule has 0 aromatic heterocycles. The number of hydrogen-bond donors (Lipinski definition) is 2. The van der Waals surface area contributed by atoms with E-state index in [2.05, 4.69) is 15.0 Å². The number of carbonyl (C=O) groups is 1. The summed E-state index contributed by atoms with van der Waals surface area (Å²) in [5, 5.41) is 9.30. The molecule has 1 aromatic rings. The first-order chi connectivity index (χ1) is 14.3. The molecule has 10 nitrogen and oxygen atoms in total. The molecule has 160 valence electrons. The molecule has 1 saturated heterocycles. The number of H-pyrrole nitrogens is 1. The van der Waals surface area contributed by atoms with Gasteiger partial charge in [0.05, 0.1) is 49.3 Å². The fraction of sp³-hybridized carbons (Fsp3) is 0.421. The van der Waals surface area contributed by atoms with Crippen LogP contribution in [0.3, 0.4) is 0 Å². The van der Waals surface area contributed by atoms with Crippen molar-refractivity contribution in [1.82, 2.24) is 19.5 Å². The third-order valence-corrected chi connectivity index (χ3v) is 5.18. The minimum Gasteiger partial charge on any atom is -0.550 e. The minimum absolute atomic E-state index is 0.134. The number of quaternary nitrogens is 1. The van der Waals surface area contributed by atoms with Gasteiger partial charge < -0.3 is 24.1 Å². The topological polar surface area (TPSA) is 134 Å². The average Bonchev–Trinajstić information content (AvgIpc) is 3.18. The lowest BCUT2D eigenvalue weighted by Gasteiger charge is -2.19. The predicted octanol–water partition coefficient (Wildman–Crippen LogP) is -1.32. The monoisotopic (exact) mass is 435 g/mol. The highest BCUT2D eigenvalue weighted by atomic mass is 35.5. The van der Waals surface area contributed by atoms with Crippen molar-refractivity contribution in [3.05, 3.63) is 38.0 Å². The van der Waals surface area contributed by atoms with Crippen LogP contribution in [0.25, 0.3) is 22.6 Å². The zero-order chi connectivity index (χ0) is 21.8. The van der Waals surface area contributed by atoms with E-state index in [0.717, 1.165) is 32.1 Å². The van der Waals surface area contributed by atoms with Gasteiger partial charge in [0, 0.05) is 24.9 Å². The second kappa shape index (κ2) is 9.23. The van der Waals surface area contributed by atoms with Crippen molar-refractivity contribution >= 4 is 28.6 Å². The van der Waals surface area contributed by atoms with Crippen LogP contribution in [0.15, 0.2) is 21.7 Å². The summed E-state index contributed by atoms with van der Waals surface area (Å²) in [5.41, 5.74) is 0.207. The number of aromatic nitrogens is 4. The number of halogens is 1. The fourth-order valence-corrected chi connectivity index (χ4v) is 3.81. The Morgan fingerprint density at radius 3 is 2.60 bits per heavy atom. The molecule has 0 saturated carbocycles. The molecule has 0 atom stereocenters. The summed E-state index contributed by atoms with van der Waals surface area (Å²) < 4.78 is 7.19. The maximum absolute atomic E-state index is 12.2. The van der Waals surface area contributed by atoms with Gasteiger partial charge in [0.15, 0.2) is 11.5 Å². The van der Waals surface area contributed by atoms with E-state index in [4.69, 9.17) is 26.2 Å². The number of nitrogens with one attached hydrogen (secondary N) is 2. The zero-order valence-corrected chi connectivity index (χ0v) is 17.4. The molecule has 0 aliphatic carbocycles. The summed E-state index contributed by atoms with van der Waals surface area (Å²) in [6.45, 7) is 4.74. The van der Waals surface area contributed by atoms with E-state index < -0.39 is 17.2 Å². The number of likely N-dealkylation sites (tertiary alicyclic amines) is 1. The van der Waals surface area contributed by atoms with Crippen LogP contribution in [-0.4, -0.2) is 52.2 Å². The number of aromatic amines is 1. The quantitative estimate of drug-likeness (QED) is 0.485. The van der Waals surface area contributed by atoms with Gasteiger partial charge in [-0.1, -0.05) is 11.6 Å². The van der Waals surface area contributed by atoms with Crippen LogP contribution in [0, 0.1) is 0 Å². The van der Waals surface area contributed by atoms with Crippen LogP contribution in [0.2, 0.25) is 5.02 Å². The molecule has 3 heterocycles. The molecule has 1 fully saturated rings. The second-order valence-electron chi connectivity index (χ2n) is 6.98. The smallest absolute Gasteiger partial charge is 0.349 e. The van der Waals surface area contributed by atoms with E-state index >= 15 is 0 Å². The lowest BCUT2D eigenvalue weighted by atomic mass is 10.2. The van der Waals surface area contributed by atoms with Crippen LogP contribution in [-0.2, 0) is 11.3 Å². The number of benzene rings is 1. The normalized spacial score (nSPS) is 14.0. The number of carbonyl (C=O) groups excluding carboxylic acids is 1. The number of carboxylic acid groups (broad SMARTS) is 1. The number of nitrogens with zero attached hydrogens (tertiary/aromatic N) is 3. The Hall–Kier alpha value is -2.98. The van der Waals surface area contributed by atoms with E-state index in [1.54, 1.807) is 19.2 Å². The third kappa shape index (κ3) is 4.77. The summed E-state index contributed by atoms with van der Waals surface area (Å²) in [4.78, 5) is 45.0. The third-order valence-electron chi connectivity index (χ3n) is 4.88. The van der Waals surface area contributed by atoms with Crippen molar-refractivity contribution in [2.24, 2.45) is 0 Å². The average molecular weight is 436 g/mol. The maximum Gasteiger partial charge on any atom is 0.349 e. The summed E-state index contributed by atoms with van der Waals surface area (Å²) in [5.74, 6) is -0.288. The number of hydrogen-bond acceptors (Lipinski definition) is 7. The highest BCUT2D eigenvalue weighted by molar-refractivity contribution is 6.32. The Bertz CT molecular complexity index is 1150. The first kappa shape index (κ1) is 21.7. The molecule has 0 unspecified atom stereocenters. The fourth-order valence-electron chi connectivity index (χ4n) is 3.57. The Kier molecular flexibility index (Phi) is 6.68. The van der Waals surface area contributed by atoms with Crippen molar-refractivity contribution in [2.45, 2.75) is 26.3 Å². The van der Waals surface area contributed by atoms with Crippen LogP contribution in [0.1, 0.15) is 19.8 Å². The number of fused-ring (bicyclic) bond motifs is 2. The van der Waals surface area contributed by atoms with Gasteiger partial charge >= 0.3 is 5.69 Å². The number of rotatable bonds is 4. The molecule has 0 amide bonds. The molecule has 3 aliphatic heterocycles. The van der Waals surface area contributed by atoms with Gasteiger partial charge in [0.25, 0.3) is 5.56 Å². The minimum atomic E-state index is -1.08. The molecule has 0 radical (unpaired) electrons. The van der Waals surface area contributed by atoms with Crippen molar-refractivity contribution in [3.8, 4) is 17.3 Å². The van der Waals surface area contributed by atoms with Gasteiger partial charge in [0.2, 0.25) is 0 Å². The SMILES string of the molecule is CC(=O)[O-].COc1cc2c(cc1Cl)nc1c(=O)[nH]c(=O)nc-1n2CC[NH+]1CCCC1. The van der Waals surface area contributed by atoms with Gasteiger partial charge in [-0.25, -0.2) is 9.78 Å². The molecule has 0 spiro atoms. The number of methoxy groups -OCH3 is 1. The number of ether oxygens (including phenoxy) is 1. The van der Waals surface area contributed by atoms with Crippen molar-refractivity contribution in [2.75, 3.05) is 26.7 Å². The van der Waals surface area contributed by atoms with Gasteiger partial charge in [-0.2, -0.15) is 4.98 Å². The van der Waals surface area contributed by atoms with Crippen LogP contribution in [0.5, 0.6) is 5.75 Å². The maximum atomic E-state index is 12.2. The molecule has 0 bridgehead atoms. The predicted molar refractivity (Wildman–Crippen MR) is 108 cm³/mol. The summed E-state index contributed by atoms with van der Waals surface area (Å²) >= 11 is 6.22. The van der Waals surface area contributed by atoms with E-state index in [1.165, 1.54) is 17.7 Å². The molecule has 3 aliphatic rings. The standard InChI is InChI=1S/C17H18ClN5O3.C2H4O2/c1-26-13-9-12-11(8-10(13)18)19-14-15(20-17(25)21-16(14)24)23(12)7-6-22-4-2-3-5-22;1-2(3)4/h8-9H,2-7H2,1H3,(H,21,24,25);1H3,(H,3,4). The number of carboxylic acids is 1. The van der Waals surface area contributed by atoms with Gasteiger partial charge in [-0.15, -0.1) is 0 Å². The Labute approximate surface area is 176 Å². The molecule has 4 rings (SSSR count). The highest BCUT2D eigenvalue weighted by Gasteiger charge is 2.22. The molecule has 11 heteroatoms. The molecular formula is C19H22ClN5O5. The van der Waals surface area contributed by atoms with Crippen molar-refractivity contribution < 1.29 is 19.5 Å². The van der Waals surface area contributed by atoms with E-state index in [1.807, 2.05) is 4.57 Å². The van der Waals surface area contributed by atoms with Crippen molar-refractivity contribution in [3.63, 3.8) is 0 Å². The van der Waals surface area contributed by atoms with E-state index in [0.29, 0.717) is 22.8 Å². The first-order valence-electron chi connectivity index (χ1n) is 9.49. The summed E-state index contributed by atoms with van der Waals surface area (Å²) in [7, 11) is 1.54. The Morgan fingerprint density at radius 1 is 1.30 bits per heavy atom. The van der Waals surface area contributed by atoms with Crippen LogP contribution in [0.4, 0.5) is 0 Å². The van der Waals surface area contributed by atoms with E-state index in [9.17, 15) is 9.59 Å². The van der Waals surface area contributed by atoms with Crippen LogP contribution < -0.4 is 26.0 Å². The molecule has 30 heavy (non-hydrogen) atoms. The molecule has 2 N–H and O–H groups in total. The molecular weight excluding hydrogens is 414 g/mol. The van der Waals surface area contributed by atoms with E-state index in [-0.39, 0.29) is 11.5 Å². The lowest BCUT2D eigenvalue weighted by molar-refractivity contribution is -0.887. The Morgan fingerprint density at radius 2 is 1.97 bits per heavy atom. The lowest BCUT2D eigenvalue weighted by Crippen LogP contribution is -3.10. The molecule has 1 aromatic carbocycles. The second-order valence-corrected chi connectivity index (χ2v) is 7.39. The summed E-state index contributed by atoms with van der Waals surface area (Å²) in [6, 6.07) is 3.44. The van der Waals surface area contributed by atoms with Crippen LogP contribution >= 0.6 is 11.6 Å². The van der Waals surface area contributed by atoms with Gasteiger partial charge in [0.1, 0.15) is 5.75 Å². The van der Waals surface area contributed by atoms with Gasteiger partial charge in [-0.3, -0.25) is 9.78 Å². The zero-order valence-electron chi connectivity index (χ0n) is 16.7. The first-order valence-corrected chi connectivity index (χ1v) is 9.87. The largest absolute Gasteiger partial charge is 0.550 e. The highest BCUT2D eigenvalue weighted by Crippen LogP contribution is 2.31.